The Hall–Kier alpha value is -2.31. The van der Waals surface area contributed by atoms with E-state index in [0.29, 0.717) is 12.1 Å². The van der Waals surface area contributed by atoms with E-state index < -0.39 is 17.2 Å². The lowest BCUT2D eigenvalue weighted by Crippen LogP contribution is -2.56. The number of carbonyl (C=O) groups excluding carboxylic acids is 2. The van der Waals surface area contributed by atoms with Crippen LogP contribution in [-0.4, -0.2) is 48.8 Å². The van der Waals surface area contributed by atoms with Crippen molar-refractivity contribution in [2.45, 2.75) is 70.4 Å². The number of aromatic nitrogens is 1. The fraction of sp³-hybridized carbons (Fsp3) is 0.667. The Labute approximate surface area is 168 Å². The molecule has 1 aliphatic carbocycles. The Bertz CT molecular complexity index is 674. The Morgan fingerprint density at radius 3 is 2.39 bits per heavy atom. The standard InChI is InChI=1S/C21H34N4O3/c1-20(2,3)28-19(27)24-21(11-8-6-7-9-12-21)15-23-18(26)16-10-13-22-17(14-16)25(4)5/h10,13-14H,6-9,11-12,15H2,1-5H3,(H,23,26)(H,24,27). The molecule has 1 saturated carbocycles. The number of anilines is 1. The van der Waals surface area contributed by atoms with Gasteiger partial charge in [-0.15, -0.1) is 0 Å². The van der Waals surface area contributed by atoms with Gasteiger partial charge in [0.1, 0.15) is 11.4 Å². The second kappa shape index (κ2) is 9.26. The predicted octanol–water partition coefficient (Wildman–Crippen LogP) is 3.50. The predicted molar refractivity (Wildman–Crippen MR) is 111 cm³/mol. The van der Waals surface area contributed by atoms with Crippen molar-refractivity contribution in [3.8, 4) is 0 Å². The monoisotopic (exact) mass is 390 g/mol. The molecule has 1 aromatic heterocycles. The first kappa shape index (κ1) is 22.0. The third-order valence-corrected chi connectivity index (χ3v) is 4.88. The molecule has 0 aliphatic heterocycles. The number of nitrogens with one attached hydrogen (secondary N) is 2. The second-order valence-corrected chi connectivity index (χ2v) is 8.80. The molecule has 2 N–H and O–H groups in total. The highest BCUT2D eigenvalue weighted by Crippen LogP contribution is 2.27. The number of pyridine rings is 1. The lowest BCUT2D eigenvalue weighted by molar-refractivity contribution is 0.0437. The number of hydrogen-bond donors (Lipinski definition) is 2. The summed E-state index contributed by atoms with van der Waals surface area (Å²) in [6.07, 6.45) is 7.17. The van der Waals surface area contributed by atoms with Crippen LogP contribution in [0.15, 0.2) is 18.3 Å². The lowest BCUT2D eigenvalue weighted by Gasteiger charge is -2.35. The summed E-state index contributed by atoms with van der Waals surface area (Å²) in [6, 6.07) is 3.46. The Morgan fingerprint density at radius 2 is 1.82 bits per heavy atom. The zero-order chi connectivity index (χ0) is 20.8. The van der Waals surface area contributed by atoms with Gasteiger partial charge in [0.2, 0.25) is 0 Å². The van der Waals surface area contributed by atoms with Crippen LogP contribution in [0.1, 0.15) is 69.7 Å². The van der Waals surface area contributed by atoms with Crippen molar-refractivity contribution in [1.82, 2.24) is 15.6 Å². The van der Waals surface area contributed by atoms with E-state index in [-0.39, 0.29) is 5.91 Å². The molecule has 1 heterocycles. The molecule has 0 bridgehead atoms. The van der Waals surface area contributed by atoms with Crippen molar-refractivity contribution in [2.75, 3.05) is 25.5 Å². The summed E-state index contributed by atoms with van der Waals surface area (Å²) in [5, 5.41) is 6.09. The number of rotatable bonds is 5. The summed E-state index contributed by atoms with van der Waals surface area (Å²) >= 11 is 0. The average molecular weight is 391 g/mol. The van der Waals surface area contributed by atoms with Gasteiger partial charge in [-0.25, -0.2) is 9.78 Å². The molecule has 28 heavy (non-hydrogen) atoms. The van der Waals surface area contributed by atoms with Crippen molar-refractivity contribution < 1.29 is 14.3 Å². The van der Waals surface area contributed by atoms with E-state index >= 15 is 0 Å². The van der Waals surface area contributed by atoms with Crippen molar-refractivity contribution in [1.29, 1.82) is 0 Å². The largest absolute Gasteiger partial charge is 0.444 e. The molecule has 156 valence electrons. The highest BCUT2D eigenvalue weighted by Gasteiger charge is 2.34. The van der Waals surface area contributed by atoms with Crippen LogP contribution in [0.4, 0.5) is 10.6 Å². The maximum absolute atomic E-state index is 12.7. The normalized spacial score (nSPS) is 16.6. The van der Waals surface area contributed by atoms with Gasteiger partial charge in [0.05, 0.1) is 5.54 Å². The van der Waals surface area contributed by atoms with Crippen LogP contribution >= 0.6 is 0 Å². The van der Waals surface area contributed by atoms with E-state index in [1.54, 1.807) is 18.3 Å². The van der Waals surface area contributed by atoms with Crippen molar-refractivity contribution in [3.63, 3.8) is 0 Å². The van der Waals surface area contributed by atoms with Gasteiger partial charge in [-0.2, -0.15) is 0 Å². The van der Waals surface area contributed by atoms with E-state index in [1.165, 1.54) is 0 Å². The van der Waals surface area contributed by atoms with Crippen molar-refractivity contribution >= 4 is 17.8 Å². The zero-order valence-corrected chi connectivity index (χ0v) is 17.8. The smallest absolute Gasteiger partial charge is 0.408 e. The highest BCUT2D eigenvalue weighted by molar-refractivity contribution is 5.94. The van der Waals surface area contributed by atoms with Crippen LogP contribution in [0, 0.1) is 0 Å². The van der Waals surface area contributed by atoms with Crippen LogP contribution in [0.25, 0.3) is 0 Å². The molecule has 1 fully saturated rings. The van der Waals surface area contributed by atoms with E-state index in [4.69, 9.17) is 4.74 Å². The SMILES string of the molecule is CN(C)c1cc(C(=O)NCC2(NC(=O)OC(C)(C)C)CCCCCC2)ccn1. The van der Waals surface area contributed by atoms with E-state index in [0.717, 1.165) is 44.3 Å². The van der Waals surface area contributed by atoms with Gasteiger partial charge in [0, 0.05) is 32.4 Å². The molecule has 2 rings (SSSR count). The molecule has 7 nitrogen and oxygen atoms in total. The molecular weight excluding hydrogens is 356 g/mol. The van der Waals surface area contributed by atoms with Crippen molar-refractivity contribution in [3.05, 3.63) is 23.9 Å². The van der Waals surface area contributed by atoms with E-state index in [9.17, 15) is 9.59 Å². The van der Waals surface area contributed by atoms with Gasteiger partial charge in [-0.3, -0.25) is 4.79 Å². The summed E-state index contributed by atoms with van der Waals surface area (Å²) in [7, 11) is 3.77. The number of nitrogens with zero attached hydrogens (tertiary/aromatic N) is 2. The minimum absolute atomic E-state index is 0.167. The fourth-order valence-corrected chi connectivity index (χ4v) is 3.43. The van der Waals surface area contributed by atoms with Gasteiger partial charge in [0.25, 0.3) is 5.91 Å². The lowest BCUT2D eigenvalue weighted by atomic mass is 9.90. The summed E-state index contributed by atoms with van der Waals surface area (Å²) in [5.41, 5.74) is -0.482. The number of ether oxygens (including phenoxy) is 1. The number of amides is 2. The maximum atomic E-state index is 12.7. The molecule has 2 amide bonds. The topological polar surface area (TPSA) is 83.6 Å². The summed E-state index contributed by atoms with van der Waals surface area (Å²) in [5.74, 6) is 0.559. The molecular formula is C21H34N4O3. The molecule has 0 aromatic carbocycles. The van der Waals surface area contributed by atoms with Crippen molar-refractivity contribution in [2.24, 2.45) is 0 Å². The first-order chi connectivity index (χ1) is 13.1. The van der Waals surface area contributed by atoms with Crippen LogP contribution in [0.5, 0.6) is 0 Å². The highest BCUT2D eigenvalue weighted by atomic mass is 16.6. The first-order valence-corrected chi connectivity index (χ1v) is 10.0. The van der Waals surface area contributed by atoms with Gasteiger partial charge >= 0.3 is 6.09 Å². The van der Waals surface area contributed by atoms with Gasteiger partial charge in [-0.1, -0.05) is 25.7 Å². The number of hydrogen-bond acceptors (Lipinski definition) is 5. The fourth-order valence-electron chi connectivity index (χ4n) is 3.43. The zero-order valence-electron chi connectivity index (χ0n) is 17.8. The van der Waals surface area contributed by atoms with Gasteiger partial charge in [0.15, 0.2) is 0 Å². The average Bonchev–Trinajstić information content (AvgIpc) is 2.84. The number of alkyl carbamates (subject to hydrolysis) is 1. The summed E-state index contributed by atoms with van der Waals surface area (Å²) in [6.45, 7) is 5.92. The summed E-state index contributed by atoms with van der Waals surface area (Å²) in [4.78, 5) is 31.2. The third kappa shape index (κ3) is 6.69. The maximum Gasteiger partial charge on any atom is 0.408 e. The van der Waals surface area contributed by atoms with E-state index in [1.807, 2.05) is 39.8 Å². The quantitative estimate of drug-likeness (QED) is 0.752. The van der Waals surface area contributed by atoms with Gasteiger partial charge in [-0.05, 0) is 45.7 Å². The van der Waals surface area contributed by atoms with Crippen LogP contribution in [0.2, 0.25) is 0 Å². The Kier molecular flexibility index (Phi) is 7.27. The summed E-state index contributed by atoms with van der Waals surface area (Å²) < 4.78 is 5.46. The minimum atomic E-state index is -0.557. The Morgan fingerprint density at radius 1 is 1.18 bits per heavy atom. The van der Waals surface area contributed by atoms with Crippen LogP contribution in [-0.2, 0) is 4.74 Å². The minimum Gasteiger partial charge on any atom is -0.444 e. The van der Waals surface area contributed by atoms with E-state index in [2.05, 4.69) is 15.6 Å². The second-order valence-electron chi connectivity index (χ2n) is 8.80. The Balaban J connectivity index is 2.08. The molecule has 0 radical (unpaired) electrons. The molecule has 0 unspecified atom stereocenters. The molecule has 0 spiro atoms. The van der Waals surface area contributed by atoms with Crippen LogP contribution in [0.3, 0.4) is 0 Å². The number of carbonyl (C=O) groups is 2. The van der Waals surface area contributed by atoms with Crippen LogP contribution < -0.4 is 15.5 Å². The molecule has 0 atom stereocenters. The molecule has 0 saturated heterocycles. The molecule has 1 aliphatic rings. The molecule has 1 aromatic rings. The van der Waals surface area contributed by atoms with Gasteiger partial charge < -0.3 is 20.3 Å². The third-order valence-electron chi connectivity index (χ3n) is 4.88. The molecule has 7 heteroatoms. The first-order valence-electron chi connectivity index (χ1n) is 10.0.